The Bertz CT molecular complexity index is 408. The monoisotopic (exact) mass is 215 g/mol. The fourth-order valence-electron chi connectivity index (χ4n) is 2.13. The predicted octanol–water partition coefficient (Wildman–Crippen LogP) is 2.44. The maximum Gasteiger partial charge on any atom is 0.129 e. The van der Waals surface area contributed by atoms with Crippen LogP contribution in [0.5, 0.6) is 0 Å². The number of rotatable bonds is 1. The number of pyridine rings is 1. The summed E-state index contributed by atoms with van der Waals surface area (Å²) in [5.74, 6) is 2.43. The molecule has 0 aliphatic carbocycles. The van der Waals surface area contributed by atoms with Crippen LogP contribution in [0.15, 0.2) is 18.3 Å². The molecule has 2 rings (SSSR count). The topological polar surface area (TPSA) is 39.9 Å². The Morgan fingerprint density at radius 2 is 2.25 bits per heavy atom. The zero-order chi connectivity index (χ0) is 11.5. The second-order valence-corrected chi connectivity index (χ2v) is 4.70. The fourth-order valence-corrected chi connectivity index (χ4v) is 2.13. The Morgan fingerprint density at radius 3 is 2.94 bits per heavy atom. The first-order valence-electron chi connectivity index (χ1n) is 5.82. The SMILES string of the molecule is CC1CCN(c2cc(C#N)ccn2)CC1C. The van der Waals surface area contributed by atoms with Crippen LogP contribution in [0.4, 0.5) is 5.82 Å². The summed E-state index contributed by atoms with van der Waals surface area (Å²) in [7, 11) is 0. The summed E-state index contributed by atoms with van der Waals surface area (Å²) in [5, 5.41) is 8.86. The summed E-state index contributed by atoms with van der Waals surface area (Å²) in [4.78, 5) is 6.63. The molecule has 16 heavy (non-hydrogen) atoms. The van der Waals surface area contributed by atoms with Crippen molar-refractivity contribution in [1.82, 2.24) is 4.98 Å². The summed E-state index contributed by atoms with van der Waals surface area (Å²) < 4.78 is 0. The number of anilines is 1. The highest BCUT2D eigenvalue weighted by atomic mass is 15.2. The third-order valence-electron chi connectivity index (χ3n) is 3.53. The summed E-state index contributed by atoms with van der Waals surface area (Å²) in [5.41, 5.74) is 0.691. The maximum atomic E-state index is 8.86. The summed E-state index contributed by atoms with van der Waals surface area (Å²) in [6, 6.07) is 5.79. The molecule has 2 unspecified atom stereocenters. The van der Waals surface area contributed by atoms with Gasteiger partial charge in [0.05, 0.1) is 11.6 Å². The number of nitrogens with zero attached hydrogens (tertiary/aromatic N) is 3. The van der Waals surface area contributed by atoms with E-state index in [1.54, 1.807) is 12.3 Å². The van der Waals surface area contributed by atoms with Crippen molar-refractivity contribution >= 4 is 5.82 Å². The van der Waals surface area contributed by atoms with Crippen LogP contribution in [0, 0.1) is 23.2 Å². The van der Waals surface area contributed by atoms with Gasteiger partial charge >= 0.3 is 0 Å². The summed E-state index contributed by atoms with van der Waals surface area (Å²) >= 11 is 0. The Kier molecular flexibility index (Phi) is 3.09. The second-order valence-electron chi connectivity index (χ2n) is 4.70. The minimum absolute atomic E-state index is 0.691. The largest absolute Gasteiger partial charge is 0.356 e. The quantitative estimate of drug-likeness (QED) is 0.722. The molecule has 3 nitrogen and oxygen atoms in total. The molecule has 0 saturated carbocycles. The highest BCUT2D eigenvalue weighted by Gasteiger charge is 2.23. The molecule has 84 valence electrons. The molecule has 0 radical (unpaired) electrons. The van der Waals surface area contributed by atoms with Crippen molar-refractivity contribution in [2.45, 2.75) is 20.3 Å². The molecule has 1 fully saturated rings. The molecule has 2 atom stereocenters. The molecule has 1 saturated heterocycles. The van der Waals surface area contributed by atoms with E-state index in [1.807, 2.05) is 6.07 Å². The van der Waals surface area contributed by atoms with Gasteiger partial charge in [0.1, 0.15) is 5.82 Å². The highest BCUT2D eigenvalue weighted by Crippen LogP contribution is 2.25. The molecule has 1 aliphatic heterocycles. The van der Waals surface area contributed by atoms with Gasteiger partial charge in [-0.25, -0.2) is 4.98 Å². The Balaban J connectivity index is 2.16. The van der Waals surface area contributed by atoms with Crippen molar-refractivity contribution in [3.8, 4) is 6.07 Å². The first-order chi connectivity index (χ1) is 7.70. The zero-order valence-corrected chi connectivity index (χ0v) is 9.85. The van der Waals surface area contributed by atoms with Gasteiger partial charge in [0, 0.05) is 19.3 Å². The lowest BCUT2D eigenvalue weighted by Crippen LogP contribution is -2.38. The minimum Gasteiger partial charge on any atom is -0.356 e. The molecule has 0 bridgehead atoms. The van der Waals surface area contributed by atoms with Crippen molar-refractivity contribution in [1.29, 1.82) is 5.26 Å². The molecular formula is C13H17N3. The number of nitriles is 1. The van der Waals surface area contributed by atoms with Crippen LogP contribution < -0.4 is 4.90 Å². The average Bonchev–Trinajstić information content (AvgIpc) is 2.33. The van der Waals surface area contributed by atoms with Gasteiger partial charge in [-0.2, -0.15) is 5.26 Å². The number of piperidine rings is 1. The van der Waals surface area contributed by atoms with Gasteiger partial charge in [0.15, 0.2) is 0 Å². The Labute approximate surface area is 96.7 Å². The average molecular weight is 215 g/mol. The van der Waals surface area contributed by atoms with E-state index in [0.717, 1.165) is 24.8 Å². The van der Waals surface area contributed by atoms with Crippen LogP contribution in [0.3, 0.4) is 0 Å². The molecule has 1 aromatic heterocycles. The molecule has 0 aromatic carbocycles. The fraction of sp³-hybridized carbons (Fsp3) is 0.538. The van der Waals surface area contributed by atoms with Crippen LogP contribution in [-0.4, -0.2) is 18.1 Å². The molecule has 1 aromatic rings. The van der Waals surface area contributed by atoms with E-state index in [4.69, 9.17) is 5.26 Å². The zero-order valence-electron chi connectivity index (χ0n) is 9.85. The normalized spacial score (nSPS) is 25.2. The van der Waals surface area contributed by atoms with Gasteiger partial charge in [-0.15, -0.1) is 0 Å². The molecular weight excluding hydrogens is 198 g/mol. The van der Waals surface area contributed by atoms with E-state index >= 15 is 0 Å². The number of hydrogen-bond acceptors (Lipinski definition) is 3. The van der Waals surface area contributed by atoms with Crippen LogP contribution in [0.2, 0.25) is 0 Å². The molecule has 0 amide bonds. The van der Waals surface area contributed by atoms with Crippen molar-refractivity contribution in [3.63, 3.8) is 0 Å². The van der Waals surface area contributed by atoms with E-state index in [1.165, 1.54) is 6.42 Å². The van der Waals surface area contributed by atoms with Gasteiger partial charge in [0.2, 0.25) is 0 Å². The third kappa shape index (κ3) is 2.16. The van der Waals surface area contributed by atoms with Crippen LogP contribution >= 0.6 is 0 Å². The van der Waals surface area contributed by atoms with Gasteiger partial charge in [-0.1, -0.05) is 13.8 Å². The van der Waals surface area contributed by atoms with Gasteiger partial charge in [0.25, 0.3) is 0 Å². The van der Waals surface area contributed by atoms with Crippen molar-refractivity contribution in [2.24, 2.45) is 11.8 Å². The van der Waals surface area contributed by atoms with Crippen LogP contribution in [0.25, 0.3) is 0 Å². The van der Waals surface area contributed by atoms with Crippen LogP contribution in [0.1, 0.15) is 25.8 Å². The minimum atomic E-state index is 0.691. The number of hydrogen-bond donors (Lipinski definition) is 0. The molecule has 0 N–H and O–H groups in total. The van der Waals surface area contributed by atoms with Gasteiger partial charge in [-0.05, 0) is 30.4 Å². The first-order valence-corrected chi connectivity index (χ1v) is 5.82. The van der Waals surface area contributed by atoms with E-state index in [9.17, 15) is 0 Å². The lowest BCUT2D eigenvalue weighted by atomic mass is 9.89. The smallest absolute Gasteiger partial charge is 0.129 e. The summed E-state index contributed by atoms with van der Waals surface area (Å²) in [6.07, 6.45) is 2.93. The standard InChI is InChI=1S/C13H17N3/c1-10-4-6-16(9-11(10)2)13-7-12(8-14)3-5-15-13/h3,5,7,10-11H,4,6,9H2,1-2H3. The number of aromatic nitrogens is 1. The van der Waals surface area contributed by atoms with Crippen molar-refractivity contribution in [2.75, 3.05) is 18.0 Å². The molecule has 1 aliphatic rings. The predicted molar refractivity (Wildman–Crippen MR) is 64.1 cm³/mol. The van der Waals surface area contributed by atoms with Crippen molar-refractivity contribution < 1.29 is 0 Å². The van der Waals surface area contributed by atoms with Gasteiger partial charge in [-0.3, -0.25) is 0 Å². The second kappa shape index (κ2) is 4.52. The van der Waals surface area contributed by atoms with E-state index in [0.29, 0.717) is 11.5 Å². The Morgan fingerprint density at radius 1 is 1.44 bits per heavy atom. The first kappa shape index (κ1) is 10.9. The third-order valence-corrected chi connectivity index (χ3v) is 3.53. The van der Waals surface area contributed by atoms with Gasteiger partial charge < -0.3 is 4.90 Å². The molecule has 3 heteroatoms. The van der Waals surface area contributed by atoms with Crippen LogP contribution in [-0.2, 0) is 0 Å². The summed E-state index contributed by atoms with van der Waals surface area (Å²) in [6.45, 7) is 6.68. The van der Waals surface area contributed by atoms with Crippen molar-refractivity contribution in [3.05, 3.63) is 23.9 Å². The highest BCUT2D eigenvalue weighted by molar-refractivity contribution is 5.45. The van der Waals surface area contributed by atoms with E-state index < -0.39 is 0 Å². The van der Waals surface area contributed by atoms with E-state index in [-0.39, 0.29) is 0 Å². The Hall–Kier alpha value is -1.56. The van der Waals surface area contributed by atoms with E-state index in [2.05, 4.69) is 29.8 Å². The molecule has 2 heterocycles. The maximum absolute atomic E-state index is 8.86. The lowest BCUT2D eigenvalue weighted by Gasteiger charge is -2.36. The lowest BCUT2D eigenvalue weighted by molar-refractivity contribution is 0.323. The molecule has 0 spiro atoms.